The van der Waals surface area contributed by atoms with Crippen LogP contribution in [0, 0.1) is 0 Å². The summed E-state index contributed by atoms with van der Waals surface area (Å²) in [5.74, 6) is 0.905. The number of fused-ring (bicyclic) bond motifs is 1. The van der Waals surface area contributed by atoms with E-state index in [1.807, 2.05) is 12.1 Å². The van der Waals surface area contributed by atoms with Crippen molar-refractivity contribution < 1.29 is 9.53 Å². The molecule has 1 aromatic rings. The molecule has 1 aromatic carbocycles. The highest BCUT2D eigenvalue weighted by atomic mass is 79.9. The predicted octanol–water partition coefficient (Wildman–Crippen LogP) is 2.20. The van der Waals surface area contributed by atoms with Gasteiger partial charge in [-0.05, 0) is 24.1 Å². The van der Waals surface area contributed by atoms with Crippen LogP contribution in [0.25, 0.3) is 0 Å². The number of hydrogen-bond acceptors (Lipinski definition) is 2. The second kappa shape index (κ2) is 3.14. The normalized spacial score (nSPS) is 20.2. The maximum Gasteiger partial charge on any atom is 0.177 e. The average Bonchev–Trinajstić information content (AvgIpc) is 2.43. The maximum absolute atomic E-state index is 11.6. The molecule has 0 saturated carbocycles. The fourth-order valence-corrected chi connectivity index (χ4v) is 2.14. The number of ether oxygens (including phenoxy) is 1. The first-order valence-electron chi connectivity index (χ1n) is 4.07. The Morgan fingerprint density at radius 2 is 2.31 bits per heavy atom. The molecular formula is C10H9BrO2. The van der Waals surface area contributed by atoms with Gasteiger partial charge in [0.2, 0.25) is 0 Å². The molecule has 1 atom stereocenters. The molecule has 0 aromatic heterocycles. The van der Waals surface area contributed by atoms with Crippen molar-refractivity contribution in [3.8, 4) is 5.75 Å². The molecule has 0 saturated heterocycles. The summed E-state index contributed by atoms with van der Waals surface area (Å²) in [6.45, 7) is 0. The molecule has 0 amide bonds. The zero-order chi connectivity index (χ0) is 9.42. The molecule has 0 aliphatic heterocycles. The lowest BCUT2D eigenvalue weighted by Crippen LogP contribution is -2.06. The summed E-state index contributed by atoms with van der Waals surface area (Å²) in [5.41, 5.74) is 1.90. The number of benzene rings is 1. The summed E-state index contributed by atoms with van der Waals surface area (Å²) in [6, 6.07) is 5.64. The van der Waals surface area contributed by atoms with Gasteiger partial charge in [-0.1, -0.05) is 22.0 Å². The van der Waals surface area contributed by atoms with E-state index in [9.17, 15) is 4.79 Å². The number of carbonyl (C=O) groups is 1. The van der Waals surface area contributed by atoms with E-state index in [-0.39, 0.29) is 10.6 Å². The Balaban J connectivity index is 2.48. The van der Waals surface area contributed by atoms with Crippen LogP contribution in [0.1, 0.15) is 15.9 Å². The number of Topliss-reactive ketones (excluding diaryl/α,β-unsaturated/α-hetero) is 1. The highest BCUT2D eigenvalue weighted by molar-refractivity contribution is 9.10. The van der Waals surface area contributed by atoms with Crippen molar-refractivity contribution in [2.75, 3.05) is 7.11 Å². The van der Waals surface area contributed by atoms with Gasteiger partial charge in [0.05, 0.1) is 11.9 Å². The van der Waals surface area contributed by atoms with Crippen LogP contribution in [-0.4, -0.2) is 17.7 Å². The largest absolute Gasteiger partial charge is 0.497 e. The Bertz CT molecular complexity index is 360. The van der Waals surface area contributed by atoms with Gasteiger partial charge in [0.25, 0.3) is 0 Å². The number of hydrogen-bond donors (Lipinski definition) is 0. The second-order valence-corrected chi connectivity index (χ2v) is 4.16. The summed E-state index contributed by atoms with van der Waals surface area (Å²) in [7, 11) is 1.60. The number of carbonyl (C=O) groups excluding carboxylic acids is 1. The SMILES string of the molecule is COc1ccc2c(c1)C(=O)[C@H](Br)C2. The zero-order valence-electron chi connectivity index (χ0n) is 7.21. The fourth-order valence-electron chi connectivity index (χ4n) is 1.54. The van der Waals surface area contributed by atoms with E-state index in [0.717, 1.165) is 23.3 Å². The highest BCUT2D eigenvalue weighted by Crippen LogP contribution is 2.29. The molecule has 2 nitrogen and oxygen atoms in total. The van der Waals surface area contributed by atoms with E-state index in [2.05, 4.69) is 15.9 Å². The van der Waals surface area contributed by atoms with Crippen LogP contribution >= 0.6 is 15.9 Å². The van der Waals surface area contributed by atoms with Gasteiger partial charge >= 0.3 is 0 Å². The number of rotatable bonds is 1. The van der Waals surface area contributed by atoms with Crippen molar-refractivity contribution in [3.05, 3.63) is 29.3 Å². The van der Waals surface area contributed by atoms with Gasteiger partial charge in [-0.2, -0.15) is 0 Å². The van der Waals surface area contributed by atoms with E-state index < -0.39 is 0 Å². The molecule has 1 aliphatic rings. The van der Waals surface area contributed by atoms with Gasteiger partial charge < -0.3 is 4.74 Å². The molecule has 0 heterocycles. The Labute approximate surface area is 85.0 Å². The van der Waals surface area contributed by atoms with E-state index in [1.54, 1.807) is 13.2 Å². The quantitative estimate of drug-likeness (QED) is 0.704. The Kier molecular flexibility index (Phi) is 2.12. The molecule has 0 bridgehead atoms. The summed E-state index contributed by atoms with van der Waals surface area (Å²) in [4.78, 5) is 11.5. The van der Waals surface area contributed by atoms with Crippen LogP contribution in [0.15, 0.2) is 18.2 Å². The van der Waals surface area contributed by atoms with Crippen molar-refractivity contribution in [1.82, 2.24) is 0 Å². The Morgan fingerprint density at radius 3 is 3.00 bits per heavy atom. The number of halogens is 1. The molecule has 2 rings (SSSR count). The molecule has 0 N–H and O–H groups in total. The molecule has 68 valence electrons. The summed E-state index contributed by atoms with van der Waals surface area (Å²) >= 11 is 3.34. The third-order valence-electron chi connectivity index (χ3n) is 2.27. The molecule has 0 fully saturated rings. The van der Waals surface area contributed by atoms with Crippen molar-refractivity contribution in [2.24, 2.45) is 0 Å². The number of alkyl halides is 1. The standard InChI is InChI=1S/C10H9BrO2/c1-13-7-3-2-6-4-9(11)10(12)8(6)5-7/h2-3,5,9H,4H2,1H3/t9-/m1/s1. The summed E-state index contributed by atoms with van der Waals surface area (Å²) in [6.07, 6.45) is 0.790. The van der Waals surface area contributed by atoms with Crippen molar-refractivity contribution in [2.45, 2.75) is 11.2 Å². The van der Waals surface area contributed by atoms with Gasteiger partial charge in [0.15, 0.2) is 5.78 Å². The molecule has 0 radical (unpaired) electrons. The Hall–Kier alpha value is -0.830. The summed E-state index contributed by atoms with van der Waals surface area (Å²) in [5, 5.41) is 0. The van der Waals surface area contributed by atoms with Crippen LogP contribution in [0.2, 0.25) is 0 Å². The third kappa shape index (κ3) is 1.37. The van der Waals surface area contributed by atoms with Crippen LogP contribution < -0.4 is 4.74 Å². The lowest BCUT2D eigenvalue weighted by molar-refractivity contribution is 0.100. The number of ketones is 1. The molecule has 0 spiro atoms. The van der Waals surface area contributed by atoms with E-state index >= 15 is 0 Å². The highest BCUT2D eigenvalue weighted by Gasteiger charge is 2.28. The second-order valence-electron chi connectivity index (χ2n) is 3.06. The van der Waals surface area contributed by atoms with Crippen LogP contribution in [0.3, 0.4) is 0 Å². The minimum Gasteiger partial charge on any atom is -0.497 e. The average molecular weight is 241 g/mol. The summed E-state index contributed by atoms with van der Waals surface area (Å²) < 4.78 is 5.06. The van der Waals surface area contributed by atoms with Gasteiger partial charge in [0.1, 0.15) is 5.75 Å². The van der Waals surface area contributed by atoms with E-state index in [1.165, 1.54) is 0 Å². The smallest absolute Gasteiger partial charge is 0.177 e. The van der Waals surface area contributed by atoms with E-state index in [0.29, 0.717) is 0 Å². The first-order chi connectivity index (χ1) is 6.22. The zero-order valence-corrected chi connectivity index (χ0v) is 8.80. The van der Waals surface area contributed by atoms with Crippen molar-refractivity contribution in [3.63, 3.8) is 0 Å². The molecule has 3 heteroatoms. The molecule has 13 heavy (non-hydrogen) atoms. The first-order valence-corrected chi connectivity index (χ1v) is 4.99. The maximum atomic E-state index is 11.6. The molecule has 1 aliphatic carbocycles. The third-order valence-corrected chi connectivity index (χ3v) is 3.01. The van der Waals surface area contributed by atoms with Crippen molar-refractivity contribution in [1.29, 1.82) is 0 Å². The van der Waals surface area contributed by atoms with Crippen LogP contribution in [0.5, 0.6) is 5.75 Å². The topological polar surface area (TPSA) is 26.3 Å². The fraction of sp³-hybridized carbons (Fsp3) is 0.300. The van der Waals surface area contributed by atoms with Crippen LogP contribution in [0.4, 0.5) is 0 Å². The minimum atomic E-state index is -0.0467. The van der Waals surface area contributed by atoms with Gasteiger partial charge in [-0.15, -0.1) is 0 Å². The minimum absolute atomic E-state index is 0.0467. The number of methoxy groups -OCH3 is 1. The van der Waals surface area contributed by atoms with Crippen LogP contribution in [-0.2, 0) is 6.42 Å². The lowest BCUT2D eigenvalue weighted by Gasteiger charge is -2.01. The Morgan fingerprint density at radius 1 is 1.54 bits per heavy atom. The van der Waals surface area contributed by atoms with Gasteiger partial charge in [-0.25, -0.2) is 0 Å². The molecule has 0 unspecified atom stereocenters. The molecular weight excluding hydrogens is 232 g/mol. The predicted molar refractivity (Wildman–Crippen MR) is 53.7 cm³/mol. The van der Waals surface area contributed by atoms with Gasteiger partial charge in [-0.3, -0.25) is 4.79 Å². The van der Waals surface area contributed by atoms with E-state index in [4.69, 9.17) is 4.74 Å². The lowest BCUT2D eigenvalue weighted by atomic mass is 10.1. The van der Waals surface area contributed by atoms with Crippen molar-refractivity contribution >= 4 is 21.7 Å². The monoisotopic (exact) mass is 240 g/mol. The first kappa shape index (κ1) is 8.75. The van der Waals surface area contributed by atoms with Gasteiger partial charge in [0, 0.05) is 5.56 Å².